The number of amidine groups is 1. The summed E-state index contributed by atoms with van der Waals surface area (Å²) in [6.07, 6.45) is 1.71. The number of nitrogens with zero attached hydrogens (tertiary/aromatic N) is 2. The summed E-state index contributed by atoms with van der Waals surface area (Å²) in [6, 6.07) is 1.70. The minimum Gasteiger partial charge on any atom is -0.382 e. The first-order valence-electron chi connectivity index (χ1n) is 3.53. The van der Waals surface area contributed by atoms with Gasteiger partial charge in [-0.1, -0.05) is 0 Å². The van der Waals surface area contributed by atoms with Gasteiger partial charge in [0.05, 0.1) is 5.56 Å². The van der Waals surface area contributed by atoms with Crippen LogP contribution in [-0.4, -0.2) is 18.8 Å². The number of nitrogens with two attached hydrogens (primary N) is 1. The van der Waals surface area contributed by atoms with Crippen LogP contribution in [0.1, 0.15) is 5.56 Å². The number of hydrogen-bond donors (Lipinski definition) is 2. The molecule has 0 spiro atoms. The molecule has 13 heavy (non-hydrogen) atoms. The molecule has 0 unspecified atom stereocenters. The molecular weight excluding hydrogens is 192 g/mol. The van der Waals surface area contributed by atoms with Crippen LogP contribution in [0.15, 0.2) is 16.7 Å². The maximum absolute atomic E-state index is 11.1. The molecule has 0 fully saturated rings. The van der Waals surface area contributed by atoms with E-state index in [1.807, 2.05) is 0 Å². The molecule has 2 heterocycles. The Bertz CT molecular complexity index is 485. The van der Waals surface area contributed by atoms with E-state index in [1.165, 1.54) is 0 Å². The minimum absolute atomic E-state index is 0.0225. The summed E-state index contributed by atoms with van der Waals surface area (Å²) in [7, 11) is -1.92. The predicted molar refractivity (Wildman–Crippen MR) is 48.7 cm³/mol. The molecule has 1 aromatic rings. The zero-order valence-corrected chi connectivity index (χ0v) is 7.67. The van der Waals surface area contributed by atoms with E-state index >= 15 is 0 Å². The monoisotopic (exact) mass is 200 g/mol. The summed E-state index contributed by atoms with van der Waals surface area (Å²) in [5, 5.41) is 0. The van der Waals surface area contributed by atoms with Gasteiger partial charge in [0.25, 0.3) is 0 Å². The second-order valence-electron chi connectivity index (χ2n) is 2.74. The molecule has 0 saturated carbocycles. The van der Waals surface area contributed by atoms with Gasteiger partial charge in [0.15, 0.2) is 0 Å². The summed E-state index contributed by atoms with van der Waals surface area (Å²) in [6.45, 7) is 0. The number of aromatic nitrogens is 1. The van der Waals surface area contributed by atoms with Gasteiger partial charge in [-0.2, -0.15) is 8.42 Å². The van der Waals surface area contributed by atoms with E-state index in [0.717, 1.165) is 0 Å². The molecule has 7 heteroatoms. The van der Waals surface area contributed by atoms with Crippen molar-refractivity contribution in [3.05, 3.63) is 17.8 Å². The normalized spacial score (nSPS) is 18.7. The molecule has 1 aliphatic heterocycles. The summed E-state index contributed by atoms with van der Waals surface area (Å²) < 4.78 is 29.4. The number of fused-ring (bicyclic) bond motifs is 1. The topological polar surface area (TPSA) is 89.5 Å². The largest absolute Gasteiger partial charge is 0.382 e. The lowest BCUT2D eigenvalue weighted by Gasteiger charge is -2.13. The van der Waals surface area contributed by atoms with Crippen molar-refractivity contribution in [3.63, 3.8) is 0 Å². The Morgan fingerprint density at radius 1 is 1.62 bits per heavy atom. The van der Waals surface area contributed by atoms with Crippen molar-refractivity contribution >= 4 is 21.9 Å². The molecule has 0 aliphatic carbocycles. The van der Waals surface area contributed by atoms with Crippen LogP contribution in [0.2, 0.25) is 0 Å². The number of hydrogen-bond acceptors (Lipinski definition) is 3. The van der Waals surface area contributed by atoms with Crippen LogP contribution in [0.25, 0.3) is 0 Å². The predicted octanol–water partition coefficient (Wildman–Crippen LogP) is -0.599. The van der Waals surface area contributed by atoms with E-state index in [-0.39, 0.29) is 5.84 Å². The summed E-state index contributed by atoms with van der Waals surface area (Å²) in [5.74, 6) is 0.474. The van der Waals surface area contributed by atoms with Gasteiger partial charge in [-0.3, -0.25) is 0 Å². The van der Waals surface area contributed by atoms with Gasteiger partial charge in [-0.15, -0.1) is 4.40 Å². The smallest absolute Gasteiger partial charge is 0.345 e. The molecule has 0 aromatic carbocycles. The molecule has 0 bridgehead atoms. The van der Waals surface area contributed by atoms with E-state index in [4.69, 9.17) is 5.73 Å². The maximum atomic E-state index is 11.1. The average Bonchev–Trinajstić information content (AvgIpc) is 2.30. The van der Waals surface area contributed by atoms with E-state index in [2.05, 4.69) is 9.12 Å². The lowest BCUT2D eigenvalue weighted by Crippen LogP contribution is -2.26. The highest BCUT2D eigenvalue weighted by Crippen LogP contribution is 2.21. The number of nitrogens with one attached hydrogen (secondary N) is 1. The van der Waals surface area contributed by atoms with Crippen molar-refractivity contribution in [2.75, 3.05) is 4.72 Å². The van der Waals surface area contributed by atoms with Gasteiger partial charge < -0.3 is 10.3 Å². The highest BCUT2D eigenvalue weighted by atomic mass is 32.2. The van der Waals surface area contributed by atoms with Crippen molar-refractivity contribution in [3.8, 4) is 0 Å². The van der Waals surface area contributed by atoms with E-state index in [9.17, 15) is 8.42 Å². The van der Waals surface area contributed by atoms with Crippen LogP contribution in [0.3, 0.4) is 0 Å². The zero-order valence-electron chi connectivity index (χ0n) is 6.85. The minimum atomic E-state index is -3.65. The third kappa shape index (κ3) is 1.17. The summed E-state index contributed by atoms with van der Waals surface area (Å²) >= 11 is 0. The second kappa shape index (κ2) is 2.25. The lowest BCUT2D eigenvalue weighted by molar-refractivity contribution is 0.602. The van der Waals surface area contributed by atoms with E-state index in [0.29, 0.717) is 11.4 Å². The molecule has 3 N–H and O–H groups in total. The zero-order chi connectivity index (χ0) is 9.64. The molecule has 0 radical (unpaired) electrons. The van der Waals surface area contributed by atoms with Gasteiger partial charge in [-0.25, -0.2) is 4.72 Å². The van der Waals surface area contributed by atoms with Crippen LogP contribution in [0.5, 0.6) is 0 Å². The molecular formula is C6H8N4O2S. The van der Waals surface area contributed by atoms with Crippen LogP contribution in [-0.2, 0) is 17.3 Å². The lowest BCUT2D eigenvalue weighted by atomic mass is 10.3. The Labute approximate surface area is 75.3 Å². The summed E-state index contributed by atoms with van der Waals surface area (Å²) in [4.78, 5) is 0. The highest BCUT2D eigenvalue weighted by molar-refractivity contribution is 7.91. The van der Waals surface area contributed by atoms with Crippen LogP contribution in [0.4, 0.5) is 5.82 Å². The first-order valence-corrected chi connectivity index (χ1v) is 4.97. The molecule has 70 valence electrons. The number of rotatable bonds is 0. The van der Waals surface area contributed by atoms with Crippen LogP contribution >= 0.6 is 0 Å². The fraction of sp³-hybridized carbons (Fsp3) is 0.167. The summed E-state index contributed by atoms with van der Waals surface area (Å²) in [5.41, 5.74) is 6.06. The molecule has 0 atom stereocenters. The van der Waals surface area contributed by atoms with Crippen molar-refractivity contribution in [2.24, 2.45) is 17.2 Å². The molecule has 0 amide bonds. The Kier molecular flexibility index (Phi) is 1.41. The molecule has 1 aromatic heterocycles. The van der Waals surface area contributed by atoms with Crippen LogP contribution in [0, 0.1) is 0 Å². The Balaban J connectivity index is 2.71. The van der Waals surface area contributed by atoms with Crippen molar-refractivity contribution in [1.29, 1.82) is 0 Å². The van der Waals surface area contributed by atoms with E-state index in [1.54, 1.807) is 23.9 Å². The molecule has 1 aliphatic rings. The fourth-order valence-corrected chi connectivity index (χ4v) is 2.09. The van der Waals surface area contributed by atoms with Crippen LogP contribution < -0.4 is 10.5 Å². The highest BCUT2D eigenvalue weighted by Gasteiger charge is 2.22. The van der Waals surface area contributed by atoms with Crippen molar-refractivity contribution < 1.29 is 8.42 Å². The first-order chi connectivity index (χ1) is 5.99. The Morgan fingerprint density at radius 2 is 2.31 bits per heavy atom. The third-order valence-electron chi connectivity index (χ3n) is 1.79. The number of aryl methyl sites for hydroxylation is 1. The molecule has 2 rings (SSSR count). The van der Waals surface area contributed by atoms with Gasteiger partial charge >= 0.3 is 10.2 Å². The van der Waals surface area contributed by atoms with Crippen molar-refractivity contribution in [2.45, 2.75) is 0 Å². The second-order valence-corrected chi connectivity index (χ2v) is 4.08. The van der Waals surface area contributed by atoms with Gasteiger partial charge in [0.2, 0.25) is 0 Å². The van der Waals surface area contributed by atoms with Gasteiger partial charge in [0, 0.05) is 13.2 Å². The van der Waals surface area contributed by atoms with Gasteiger partial charge in [-0.05, 0) is 6.07 Å². The molecule has 6 nitrogen and oxygen atoms in total. The van der Waals surface area contributed by atoms with E-state index < -0.39 is 10.2 Å². The fourth-order valence-electron chi connectivity index (χ4n) is 1.19. The molecule has 0 saturated heterocycles. The SMILES string of the molecule is Cn1ccc2c1NS(=O)(=O)N=C2N. The van der Waals surface area contributed by atoms with Crippen molar-refractivity contribution in [1.82, 2.24) is 4.57 Å². The Hall–Kier alpha value is -1.50. The first kappa shape index (κ1) is 8.11. The average molecular weight is 200 g/mol. The number of anilines is 1. The van der Waals surface area contributed by atoms with Gasteiger partial charge in [0.1, 0.15) is 11.7 Å². The quantitative estimate of drug-likeness (QED) is 0.586. The third-order valence-corrected chi connectivity index (χ3v) is 2.68. The standard InChI is InChI=1S/C6H8N4O2S/c1-10-3-2-4-5(7)8-13(11,12)9-6(4)10/h2-3,9H,1H3,(H2,7,8). The maximum Gasteiger partial charge on any atom is 0.345 e. The Morgan fingerprint density at radius 3 is 3.00 bits per heavy atom.